The van der Waals surface area contributed by atoms with Gasteiger partial charge in [-0.2, -0.15) is 0 Å². The highest BCUT2D eigenvalue weighted by atomic mass is 127. The van der Waals surface area contributed by atoms with Crippen LogP contribution in [0.25, 0.3) is 0 Å². The number of nitrogens with one attached hydrogen (secondary N) is 2. The van der Waals surface area contributed by atoms with E-state index in [9.17, 15) is 9.18 Å². The molecule has 2 N–H and O–H groups in total. The molecular formula is C19H30FIN4O2. The van der Waals surface area contributed by atoms with Crippen LogP contribution in [0.2, 0.25) is 0 Å². The number of aliphatic imine (C=N–C) groups is 1. The van der Waals surface area contributed by atoms with Gasteiger partial charge in [-0.15, -0.1) is 24.0 Å². The Hall–Kier alpha value is -1.58. The van der Waals surface area contributed by atoms with Crippen LogP contribution in [0.15, 0.2) is 29.3 Å². The molecule has 1 aliphatic rings. The van der Waals surface area contributed by atoms with Crippen molar-refractivity contribution < 1.29 is 13.9 Å². The number of hydrogen-bond acceptors (Lipinski definition) is 3. The third kappa shape index (κ3) is 8.32. The number of carbonyl (C=O) groups is 1. The third-order valence-electron chi connectivity index (χ3n) is 4.24. The van der Waals surface area contributed by atoms with Crippen molar-refractivity contribution in [3.8, 4) is 0 Å². The second kappa shape index (κ2) is 12.0. The van der Waals surface area contributed by atoms with Crippen molar-refractivity contribution in [2.75, 3.05) is 26.7 Å². The zero-order chi connectivity index (χ0) is 18.9. The highest BCUT2D eigenvalue weighted by Crippen LogP contribution is 2.32. The van der Waals surface area contributed by atoms with E-state index in [4.69, 9.17) is 4.74 Å². The zero-order valence-corrected chi connectivity index (χ0v) is 18.5. The van der Waals surface area contributed by atoms with Gasteiger partial charge in [-0.05, 0) is 50.3 Å². The maximum absolute atomic E-state index is 13.1. The van der Waals surface area contributed by atoms with Crippen LogP contribution in [0.1, 0.15) is 32.3 Å². The average Bonchev–Trinajstić information content (AvgIpc) is 3.44. The van der Waals surface area contributed by atoms with Gasteiger partial charge in [-0.25, -0.2) is 9.18 Å². The van der Waals surface area contributed by atoms with Crippen LogP contribution in [0, 0.1) is 11.7 Å². The molecule has 0 aromatic heterocycles. The molecule has 1 amide bonds. The predicted molar refractivity (Wildman–Crippen MR) is 116 cm³/mol. The number of alkyl carbamates (subject to hydrolysis) is 1. The minimum Gasteiger partial charge on any atom is -0.450 e. The lowest BCUT2D eigenvalue weighted by atomic mass is 10.2. The van der Waals surface area contributed by atoms with Gasteiger partial charge in [0.2, 0.25) is 0 Å². The minimum absolute atomic E-state index is 0. The van der Waals surface area contributed by atoms with Crippen molar-refractivity contribution in [1.29, 1.82) is 0 Å². The van der Waals surface area contributed by atoms with Gasteiger partial charge >= 0.3 is 6.09 Å². The van der Waals surface area contributed by atoms with Crippen LogP contribution >= 0.6 is 24.0 Å². The Kier molecular flexibility index (Phi) is 10.4. The van der Waals surface area contributed by atoms with Gasteiger partial charge < -0.3 is 20.3 Å². The summed E-state index contributed by atoms with van der Waals surface area (Å²) in [5, 5.41) is 6.18. The topological polar surface area (TPSA) is 66.0 Å². The smallest absolute Gasteiger partial charge is 0.407 e. The molecular weight excluding hydrogens is 462 g/mol. The second-order valence-electron chi connectivity index (χ2n) is 6.49. The Labute approximate surface area is 178 Å². The van der Waals surface area contributed by atoms with E-state index in [1.165, 1.54) is 12.1 Å². The summed E-state index contributed by atoms with van der Waals surface area (Å²) < 4.78 is 18.0. The number of halogens is 2. The number of hydrogen-bond donors (Lipinski definition) is 2. The van der Waals surface area contributed by atoms with Gasteiger partial charge in [0, 0.05) is 20.1 Å². The van der Waals surface area contributed by atoms with Crippen molar-refractivity contribution in [2.45, 2.75) is 39.3 Å². The van der Waals surface area contributed by atoms with E-state index in [-0.39, 0.29) is 41.9 Å². The largest absolute Gasteiger partial charge is 0.450 e. The molecule has 2 rings (SSSR count). The first kappa shape index (κ1) is 23.5. The molecule has 27 heavy (non-hydrogen) atoms. The van der Waals surface area contributed by atoms with Crippen molar-refractivity contribution >= 4 is 36.0 Å². The van der Waals surface area contributed by atoms with E-state index in [0.717, 1.165) is 30.9 Å². The fourth-order valence-electron chi connectivity index (χ4n) is 2.73. The van der Waals surface area contributed by atoms with E-state index in [1.807, 2.05) is 18.9 Å². The molecule has 1 aliphatic carbocycles. The molecule has 0 aliphatic heterocycles. The number of amides is 1. The Bertz CT molecular complexity index is 608. The molecule has 1 saturated carbocycles. The van der Waals surface area contributed by atoms with Crippen LogP contribution in [0.4, 0.5) is 9.18 Å². The van der Waals surface area contributed by atoms with Gasteiger partial charge in [0.05, 0.1) is 19.2 Å². The van der Waals surface area contributed by atoms with E-state index in [2.05, 4.69) is 15.6 Å². The Morgan fingerprint density at radius 3 is 2.56 bits per heavy atom. The lowest BCUT2D eigenvalue weighted by Gasteiger charge is -2.23. The van der Waals surface area contributed by atoms with Crippen LogP contribution in [-0.2, 0) is 11.3 Å². The van der Waals surface area contributed by atoms with Crippen molar-refractivity contribution in [3.05, 3.63) is 35.6 Å². The molecule has 1 unspecified atom stereocenters. The third-order valence-corrected chi connectivity index (χ3v) is 4.24. The fourth-order valence-corrected chi connectivity index (χ4v) is 2.73. The molecule has 0 spiro atoms. The molecule has 1 aromatic rings. The van der Waals surface area contributed by atoms with Gasteiger partial charge in [-0.1, -0.05) is 12.1 Å². The molecule has 0 heterocycles. The first-order valence-corrected chi connectivity index (χ1v) is 9.20. The first-order valence-electron chi connectivity index (χ1n) is 9.20. The van der Waals surface area contributed by atoms with Crippen LogP contribution in [0.5, 0.6) is 0 Å². The number of carbonyl (C=O) groups excluding carboxylic acids is 1. The Morgan fingerprint density at radius 1 is 1.33 bits per heavy atom. The van der Waals surface area contributed by atoms with Gasteiger partial charge in [-0.3, -0.25) is 4.99 Å². The number of nitrogens with zero attached hydrogens (tertiary/aromatic N) is 2. The van der Waals surface area contributed by atoms with Crippen molar-refractivity contribution in [3.63, 3.8) is 0 Å². The summed E-state index contributed by atoms with van der Waals surface area (Å²) in [5.41, 5.74) is 1.00. The van der Waals surface area contributed by atoms with Crippen molar-refractivity contribution in [1.82, 2.24) is 15.5 Å². The van der Waals surface area contributed by atoms with E-state index < -0.39 is 0 Å². The summed E-state index contributed by atoms with van der Waals surface area (Å²) in [6, 6.07) is 6.44. The molecule has 1 atom stereocenters. The maximum atomic E-state index is 13.1. The van der Waals surface area contributed by atoms with Crippen molar-refractivity contribution in [2.24, 2.45) is 10.9 Å². The first-order chi connectivity index (χ1) is 12.5. The molecule has 0 saturated heterocycles. The van der Waals surface area contributed by atoms with Gasteiger partial charge in [0.25, 0.3) is 0 Å². The molecule has 1 fully saturated rings. The molecule has 0 bridgehead atoms. The van der Waals surface area contributed by atoms with Gasteiger partial charge in [0.15, 0.2) is 5.96 Å². The fraction of sp³-hybridized carbons (Fsp3) is 0.579. The summed E-state index contributed by atoms with van der Waals surface area (Å²) in [6.07, 6.45) is 1.83. The predicted octanol–water partition coefficient (Wildman–Crippen LogP) is 3.37. The lowest BCUT2D eigenvalue weighted by molar-refractivity contribution is 0.147. The summed E-state index contributed by atoms with van der Waals surface area (Å²) in [7, 11) is 1.94. The van der Waals surface area contributed by atoms with Crippen LogP contribution in [0.3, 0.4) is 0 Å². The monoisotopic (exact) mass is 492 g/mol. The second-order valence-corrected chi connectivity index (χ2v) is 6.49. The van der Waals surface area contributed by atoms with Crippen LogP contribution < -0.4 is 10.6 Å². The average molecular weight is 492 g/mol. The number of ether oxygens (including phenoxy) is 1. The summed E-state index contributed by atoms with van der Waals surface area (Å²) in [6.45, 7) is 6.01. The highest BCUT2D eigenvalue weighted by molar-refractivity contribution is 14.0. The summed E-state index contributed by atoms with van der Waals surface area (Å²) in [4.78, 5) is 18.4. The van der Waals surface area contributed by atoms with E-state index >= 15 is 0 Å². The SMILES string of the molecule is CCNC(=NCC(NC(=O)OCC)C1CC1)N(C)Cc1ccc(F)cc1.I. The van der Waals surface area contributed by atoms with Gasteiger partial charge in [0.1, 0.15) is 5.82 Å². The summed E-state index contributed by atoms with van der Waals surface area (Å²) >= 11 is 0. The quantitative estimate of drug-likeness (QED) is 0.332. The Balaban J connectivity index is 0.00000364. The maximum Gasteiger partial charge on any atom is 0.407 e. The zero-order valence-electron chi connectivity index (χ0n) is 16.2. The van der Waals surface area contributed by atoms with Crippen LogP contribution in [-0.4, -0.2) is 49.7 Å². The normalized spacial score (nSPS) is 14.7. The van der Waals surface area contributed by atoms with E-state index in [1.54, 1.807) is 19.1 Å². The Morgan fingerprint density at radius 2 is 2.00 bits per heavy atom. The molecule has 6 nitrogen and oxygen atoms in total. The molecule has 152 valence electrons. The molecule has 1 aromatic carbocycles. The highest BCUT2D eigenvalue weighted by Gasteiger charge is 2.32. The minimum atomic E-state index is -0.385. The molecule has 8 heteroatoms. The number of rotatable bonds is 8. The molecule has 0 radical (unpaired) electrons. The number of guanidine groups is 1. The lowest BCUT2D eigenvalue weighted by Crippen LogP contribution is -2.42. The standard InChI is InChI=1S/C19H29FN4O2.HI/c1-4-21-18(24(3)13-14-6-10-16(20)11-7-14)22-12-17(15-8-9-15)23-19(25)26-5-2;/h6-7,10-11,15,17H,4-5,8-9,12-13H2,1-3H3,(H,21,22)(H,23,25);1H. The van der Waals surface area contributed by atoms with E-state index in [0.29, 0.717) is 25.6 Å². The summed E-state index contributed by atoms with van der Waals surface area (Å²) in [5.74, 6) is 0.982. The number of benzene rings is 1.